The fourth-order valence-corrected chi connectivity index (χ4v) is 1.56. The largest absolute Gasteiger partial charge is 0.444 e. The molecular weight excluding hydrogens is 402 g/mol. The number of hydrogen-bond donors (Lipinski definition) is 2. The van der Waals surface area contributed by atoms with Gasteiger partial charge < -0.3 is 4.74 Å². The second kappa shape index (κ2) is 7.38. The summed E-state index contributed by atoms with van der Waals surface area (Å²) in [5, 5.41) is 0. The van der Waals surface area contributed by atoms with Crippen LogP contribution in [-0.4, -0.2) is 32.6 Å². The van der Waals surface area contributed by atoms with E-state index < -0.39 is 29.3 Å². The monoisotopic (exact) mass is 409 g/mol. The summed E-state index contributed by atoms with van der Waals surface area (Å²) >= 11 is 1.89. The fraction of sp³-hybridized carbons (Fsp3) is 0.167. The molecule has 0 bridgehead atoms. The van der Waals surface area contributed by atoms with E-state index in [2.05, 4.69) is 25.1 Å². The van der Waals surface area contributed by atoms with Crippen LogP contribution in [0.3, 0.4) is 0 Å². The van der Waals surface area contributed by atoms with Crippen LogP contribution in [0.5, 0.6) is 5.88 Å². The molecule has 0 atom stereocenters. The first kappa shape index (κ1) is 17.8. The van der Waals surface area contributed by atoms with Gasteiger partial charge in [0.2, 0.25) is 6.86 Å². The van der Waals surface area contributed by atoms with Crippen LogP contribution in [0.2, 0.25) is 0 Å². The molecule has 0 unspecified atom stereocenters. The van der Waals surface area contributed by atoms with E-state index in [1.165, 1.54) is 12.4 Å². The molecule has 1 amide bonds. The first-order valence-corrected chi connectivity index (χ1v) is 6.90. The molecule has 0 aliphatic carbocycles. The van der Waals surface area contributed by atoms with E-state index in [1.807, 2.05) is 15.9 Å². The highest BCUT2D eigenvalue weighted by Gasteiger charge is 2.34. The van der Waals surface area contributed by atoms with E-state index in [4.69, 9.17) is 0 Å². The predicted molar refractivity (Wildman–Crippen MR) is 77.5 cm³/mol. The third-order valence-corrected chi connectivity index (χ3v) is 2.87. The number of amides is 1. The van der Waals surface area contributed by atoms with Gasteiger partial charge in [-0.1, -0.05) is 0 Å². The number of aromatic nitrogens is 3. The molecule has 0 aliphatic rings. The van der Waals surface area contributed by atoms with E-state index in [9.17, 15) is 22.4 Å². The van der Waals surface area contributed by atoms with Crippen LogP contribution in [0.1, 0.15) is 0 Å². The van der Waals surface area contributed by atoms with Gasteiger partial charge in [-0.15, -0.1) is 0 Å². The van der Waals surface area contributed by atoms with Crippen molar-refractivity contribution >= 4 is 27.7 Å². The number of anilines is 1. The molecule has 0 radical (unpaired) electrons. The third kappa shape index (κ3) is 4.50. The average molecular weight is 410 g/mol. The molecular formula is C12H8BrF4N5O2. The molecule has 0 fully saturated rings. The topological polar surface area (TPSA) is 89.0 Å². The first-order valence-electron chi connectivity index (χ1n) is 6.11. The van der Waals surface area contributed by atoms with Gasteiger partial charge in [0, 0.05) is 27.7 Å². The smallest absolute Gasteiger partial charge is 0.379 e. The Hall–Kier alpha value is -2.50. The molecule has 2 rings (SSSR count). The number of ether oxygens (including phenoxy) is 1. The Bertz CT molecular complexity index is 726. The molecule has 2 aromatic rings. The lowest BCUT2D eigenvalue weighted by atomic mass is 10.2. The number of nitrogens with one attached hydrogen (secondary N) is 2. The molecule has 0 saturated heterocycles. The Morgan fingerprint density at radius 2 is 2.00 bits per heavy atom. The maximum absolute atomic E-state index is 13.6. The summed E-state index contributed by atoms with van der Waals surface area (Å²) in [7, 11) is 0. The maximum Gasteiger partial charge on any atom is 0.379 e. The van der Waals surface area contributed by atoms with Gasteiger partial charge in [-0.05, 0) is 6.07 Å². The van der Waals surface area contributed by atoms with Crippen molar-refractivity contribution in [2.75, 3.05) is 12.3 Å². The van der Waals surface area contributed by atoms with E-state index >= 15 is 0 Å². The van der Waals surface area contributed by atoms with Gasteiger partial charge in [-0.2, -0.15) is 8.78 Å². The Morgan fingerprint density at radius 3 is 2.54 bits per heavy atom. The molecule has 12 heteroatoms. The normalized spacial score (nSPS) is 11.0. The highest BCUT2D eigenvalue weighted by atomic mass is 79.9. The van der Waals surface area contributed by atoms with E-state index in [0.717, 1.165) is 12.3 Å². The zero-order chi connectivity index (χ0) is 17.7. The number of rotatable bonds is 6. The second-order valence-corrected chi connectivity index (χ2v) is 5.12. The second-order valence-electron chi connectivity index (χ2n) is 4.13. The van der Waals surface area contributed by atoms with Crippen molar-refractivity contribution in [3.63, 3.8) is 0 Å². The Kier molecular flexibility index (Phi) is 5.49. The number of pyridine rings is 1. The zero-order valence-electron chi connectivity index (χ0n) is 11.6. The Morgan fingerprint density at radius 1 is 1.25 bits per heavy atom. The molecule has 0 spiro atoms. The summed E-state index contributed by atoms with van der Waals surface area (Å²) in [6, 6.07) is 1.02. The number of carbonyl (C=O) groups excluding carboxylic acids is 1. The molecule has 0 saturated carbocycles. The zero-order valence-corrected chi connectivity index (χ0v) is 13.2. The van der Waals surface area contributed by atoms with Gasteiger partial charge in [-0.25, -0.2) is 18.7 Å². The van der Waals surface area contributed by atoms with Gasteiger partial charge in [0.05, 0.1) is 18.1 Å². The number of carbonyl (C=O) groups is 1. The number of hydrazine groups is 1. The standard InChI is InChI=1S/C12H8BrF4N5O2/c13-12(16,17)11(23)22-21-9-4-18-8(3-19-9)6-1-7(15)10(20-2-6)24-5-14/h1-4H,5H2,(H,19,21)(H,22,23). The molecule has 2 aromatic heterocycles. The van der Waals surface area contributed by atoms with Crippen molar-refractivity contribution in [3.8, 4) is 17.1 Å². The SMILES string of the molecule is O=C(NNc1cnc(-c2cnc(OCF)c(F)c2)cn1)C(F)(F)Br. The summed E-state index contributed by atoms with van der Waals surface area (Å²) in [6.45, 7) is -1.22. The quantitative estimate of drug-likeness (QED) is 0.432. The van der Waals surface area contributed by atoms with Gasteiger partial charge in [0.1, 0.15) is 0 Å². The van der Waals surface area contributed by atoms with E-state index in [0.29, 0.717) is 0 Å². The first-order chi connectivity index (χ1) is 11.3. The van der Waals surface area contributed by atoms with Crippen molar-refractivity contribution < 1.29 is 27.1 Å². The minimum Gasteiger partial charge on any atom is -0.444 e. The van der Waals surface area contributed by atoms with Gasteiger partial charge in [0.15, 0.2) is 11.6 Å². The number of alkyl halides is 4. The summed E-state index contributed by atoms with van der Waals surface area (Å²) < 4.78 is 55.1. The van der Waals surface area contributed by atoms with Crippen LogP contribution in [0.4, 0.5) is 23.4 Å². The summed E-state index contributed by atoms with van der Waals surface area (Å²) in [5.74, 6) is -3.04. The highest BCUT2D eigenvalue weighted by molar-refractivity contribution is 9.10. The van der Waals surface area contributed by atoms with Crippen LogP contribution in [0.15, 0.2) is 24.7 Å². The lowest BCUT2D eigenvalue weighted by Gasteiger charge is -2.10. The molecule has 0 aromatic carbocycles. The van der Waals surface area contributed by atoms with Crippen LogP contribution >= 0.6 is 15.9 Å². The van der Waals surface area contributed by atoms with Crippen LogP contribution in [0.25, 0.3) is 11.3 Å². The predicted octanol–water partition coefficient (Wildman–Crippen LogP) is 2.41. The van der Waals surface area contributed by atoms with Crippen molar-refractivity contribution in [1.29, 1.82) is 0 Å². The van der Waals surface area contributed by atoms with Gasteiger partial charge in [-0.3, -0.25) is 20.6 Å². The van der Waals surface area contributed by atoms with Crippen molar-refractivity contribution in [2.24, 2.45) is 0 Å². The van der Waals surface area contributed by atoms with Crippen molar-refractivity contribution in [1.82, 2.24) is 20.4 Å². The minimum atomic E-state index is -3.74. The molecule has 2 N–H and O–H groups in total. The van der Waals surface area contributed by atoms with Crippen LogP contribution in [-0.2, 0) is 4.79 Å². The number of halogens is 5. The molecule has 7 nitrogen and oxygen atoms in total. The molecule has 0 aliphatic heterocycles. The van der Waals surface area contributed by atoms with Crippen molar-refractivity contribution in [2.45, 2.75) is 4.83 Å². The molecule has 2 heterocycles. The lowest BCUT2D eigenvalue weighted by molar-refractivity contribution is -0.133. The Labute approximate surface area is 140 Å². The maximum atomic E-state index is 13.6. The molecule has 24 heavy (non-hydrogen) atoms. The van der Waals surface area contributed by atoms with Crippen LogP contribution in [0, 0.1) is 5.82 Å². The van der Waals surface area contributed by atoms with Crippen LogP contribution < -0.4 is 15.6 Å². The van der Waals surface area contributed by atoms with Gasteiger partial charge in [0.25, 0.3) is 5.88 Å². The number of nitrogens with zero attached hydrogens (tertiary/aromatic N) is 3. The number of hydrogen-bond acceptors (Lipinski definition) is 6. The minimum absolute atomic E-state index is 0.0327. The summed E-state index contributed by atoms with van der Waals surface area (Å²) in [5.41, 5.74) is 4.28. The average Bonchev–Trinajstić information content (AvgIpc) is 2.54. The lowest BCUT2D eigenvalue weighted by Crippen LogP contribution is -2.39. The van der Waals surface area contributed by atoms with Gasteiger partial charge >= 0.3 is 10.7 Å². The Balaban J connectivity index is 2.07. The fourth-order valence-electron chi connectivity index (χ4n) is 1.46. The van der Waals surface area contributed by atoms with E-state index in [1.54, 1.807) is 5.43 Å². The highest BCUT2D eigenvalue weighted by Crippen LogP contribution is 2.22. The third-order valence-electron chi connectivity index (χ3n) is 2.51. The van der Waals surface area contributed by atoms with E-state index in [-0.39, 0.29) is 17.1 Å². The molecule has 128 valence electrons. The van der Waals surface area contributed by atoms with Crippen molar-refractivity contribution in [3.05, 3.63) is 30.5 Å². The summed E-state index contributed by atoms with van der Waals surface area (Å²) in [4.78, 5) is 18.5. The summed E-state index contributed by atoms with van der Waals surface area (Å²) in [6.07, 6.45) is 3.50.